The molecule has 2 aromatic heterocycles. The molecule has 2 N–H and O–H groups in total. The molecular formula is C55H55F2N9O7. The van der Waals surface area contributed by atoms with Gasteiger partial charge < -0.3 is 24.2 Å². The first-order chi connectivity index (χ1) is 35.3. The Morgan fingerprint density at radius 1 is 0.781 bits per heavy atom. The molecule has 0 radical (unpaired) electrons. The maximum Gasteiger partial charge on any atom is 0.264 e. The monoisotopic (exact) mass is 991 g/mol. The van der Waals surface area contributed by atoms with E-state index < -0.39 is 47.3 Å². The molecule has 6 aromatic rings. The van der Waals surface area contributed by atoms with Crippen molar-refractivity contribution >= 4 is 63.5 Å². The molecule has 5 aliphatic rings. The Labute approximate surface area is 419 Å². The largest absolute Gasteiger partial charge is 0.371 e. The van der Waals surface area contributed by atoms with Crippen molar-refractivity contribution in [2.45, 2.75) is 96.2 Å². The third kappa shape index (κ3) is 9.06. The molecule has 18 heteroatoms. The summed E-state index contributed by atoms with van der Waals surface area (Å²) < 4.78 is 36.5. The van der Waals surface area contributed by atoms with Gasteiger partial charge >= 0.3 is 0 Å². The second-order valence-electron chi connectivity index (χ2n) is 20.0. The number of likely N-dealkylation sites (tertiary alicyclic amines) is 1. The van der Waals surface area contributed by atoms with E-state index in [2.05, 4.69) is 30.2 Å². The molecule has 0 bridgehead atoms. The summed E-state index contributed by atoms with van der Waals surface area (Å²) in [5.74, 6) is -2.60. The second-order valence-corrected chi connectivity index (χ2v) is 20.0. The van der Waals surface area contributed by atoms with Gasteiger partial charge in [0, 0.05) is 68.1 Å². The van der Waals surface area contributed by atoms with Crippen LogP contribution in [-0.4, -0.2) is 98.7 Å². The third-order valence-corrected chi connectivity index (χ3v) is 15.4. The van der Waals surface area contributed by atoms with E-state index in [1.165, 1.54) is 6.07 Å². The van der Waals surface area contributed by atoms with Crippen LogP contribution in [0.3, 0.4) is 0 Å². The number of halogens is 2. The molecule has 0 aliphatic carbocycles. The number of carbonyl (C=O) groups excluding carboxylic acids is 6. The zero-order valence-electron chi connectivity index (χ0n) is 40.7. The Morgan fingerprint density at radius 2 is 1.56 bits per heavy atom. The number of imide groups is 2. The van der Waals surface area contributed by atoms with Crippen molar-refractivity contribution in [3.05, 3.63) is 124 Å². The first-order valence-corrected chi connectivity index (χ1v) is 25.2. The quantitative estimate of drug-likeness (QED) is 0.120. The number of hydrogen-bond acceptors (Lipinski definition) is 11. The van der Waals surface area contributed by atoms with Gasteiger partial charge in [-0.05, 0) is 131 Å². The lowest BCUT2D eigenvalue weighted by Crippen LogP contribution is -2.54. The van der Waals surface area contributed by atoms with Crippen molar-refractivity contribution in [1.82, 2.24) is 29.8 Å². The summed E-state index contributed by atoms with van der Waals surface area (Å²) in [5, 5.41) is 9.48. The maximum absolute atomic E-state index is 14.7. The van der Waals surface area contributed by atoms with Crippen LogP contribution < -0.4 is 20.4 Å². The minimum Gasteiger partial charge on any atom is -0.371 e. The predicted octanol–water partition coefficient (Wildman–Crippen LogP) is 7.98. The predicted molar refractivity (Wildman–Crippen MR) is 267 cm³/mol. The number of amides is 6. The van der Waals surface area contributed by atoms with Crippen LogP contribution in [0.5, 0.6) is 0 Å². The van der Waals surface area contributed by atoms with Gasteiger partial charge in [0.15, 0.2) is 11.6 Å². The van der Waals surface area contributed by atoms with Gasteiger partial charge in [-0.3, -0.25) is 43.9 Å². The number of carbonyl (C=O) groups is 6. The van der Waals surface area contributed by atoms with E-state index in [0.29, 0.717) is 86.3 Å². The Kier molecular flexibility index (Phi) is 12.7. The van der Waals surface area contributed by atoms with Crippen LogP contribution in [0.4, 0.5) is 25.8 Å². The first-order valence-electron chi connectivity index (χ1n) is 25.2. The molecule has 6 amide bonds. The van der Waals surface area contributed by atoms with E-state index in [-0.39, 0.29) is 54.9 Å². The van der Waals surface area contributed by atoms with E-state index in [1.54, 1.807) is 17.0 Å². The Bertz CT molecular complexity index is 3190. The van der Waals surface area contributed by atoms with Gasteiger partial charge in [-0.1, -0.05) is 29.4 Å². The summed E-state index contributed by atoms with van der Waals surface area (Å²) in [6.45, 7) is 6.65. The molecule has 7 heterocycles. The highest BCUT2D eigenvalue weighted by Gasteiger charge is 2.46. The van der Waals surface area contributed by atoms with Gasteiger partial charge in [0.25, 0.3) is 11.8 Å². The fourth-order valence-electron chi connectivity index (χ4n) is 11.8. The summed E-state index contributed by atoms with van der Waals surface area (Å²) in [6, 6.07) is 21.3. The smallest absolute Gasteiger partial charge is 0.264 e. The SMILES string of the molecule is Cc1noc(C)c1-c1ccc2c(c1)nc([C@@H]1CCCC(=O)N1c1ccc(F)c(F)c1)n2C1CCN(CC(=O)Nc2ccc(CC3CCN(c4cccc5c4C(=O)N(C4CCC(=O)NC4=O)C5=O)CC3)cc2)CC1. The third-order valence-electron chi connectivity index (χ3n) is 15.4. The van der Waals surface area contributed by atoms with E-state index in [0.717, 1.165) is 69.7 Å². The minimum atomic E-state index is -1.02. The molecule has 1 unspecified atom stereocenters. The molecule has 0 saturated carbocycles. The van der Waals surface area contributed by atoms with Crippen molar-refractivity contribution in [3.8, 4) is 11.1 Å². The zero-order chi connectivity index (χ0) is 50.7. The number of piperidine rings is 4. The number of benzene rings is 4. The van der Waals surface area contributed by atoms with Crippen molar-refractivity contribution in [1.29, 1.82) is 0 Å². The standard InChI is InChI=1S/C55H55F2N9O7/c1-31-50(32(2)73-61-31)35-11-16-43-42(28-35)59-52(45-7-4-8-49(69)64(45)38-14-15-40(56)41(57)29-38)65(43)37-21-23-62(24-22-37)30-48(68)58-36-12-9-33(10-13-36)27-34-19-25-63(26-20-34)44-6-3-5-39-51(44)55(72)66(54(39)71)46-17-18-47(67)60-53(46)70/h3,5-6,9-16,28-29,34,37,45-46H,4,7-8,17-27,30H2,1-2H3,(H,58,68)(H,60,67,70)/t45-,46?/m0/s1. The number of nitrogens with zero attached hydrogens (tertiary/aromatic N) is 7. The Hall–Kier alpha value is -7.60. The lowest BCUT2D eigenvalue weighted by molar-refractivity contribution is -0.136. The fourth-order valence-corrected chi connectivity index (χ4v) is 11.8. The summed E-state index contributed by atoms with van der Waals surface area (Å²) in [4.78, 5) is 90.7. The molecule has 11 rings (SSSR count). The molecule has 2 atom stereocenters. The Balaban J connectivity index is 0.716. The second kappa shape index (κ2) is 19.4. The highest BCUT2D eigenvalue weighted by atomic mass is 19.2. The van der Waals surface area contributed by atoms with E-state index in [9.17, 15) is 37.5 Å². The molecule has 5 aliphatic heterocycles. The number of fused-ring (bicyclic) bond motifs is 2. The number of rotatable bonds is 11. The van der Waals surface area contributed by atoms with E-state index >= 15 is 0 Å². The van der Waals surface area contributed by atoms with Gasteiger partial charge in [0.1, 0.15) is 17.6 Å². The zero-order valence-corrected chi connectivity index (χ0v) is 40.7. The van der Waals surface area contributed by atoms with Crippen molar-refractivity contribution in [2.75, 3.05) is 47.8 Å². The van der Waals surface area contributed by atoms with Crippen LogP contribution in [0, 0.1) is 31.4 Å². The average Bonchev–Trinajstić information content (AvgIpc) is 4.02. The maximum atomic E-state index is 14.7. The van der Waals surface area contributed by atoms with Gasteiger partial charge in [-0.15, -0.1) is 0 Å². The number of imidazole rings is 1. The van der Waals surface area contributed by atoms with E-state index in [1.807, 2.05) is 62.4 Å². The summed E-state index contributed by atoms with van der Waals surface area (Å²) in [7, 11) is 0. The molecule has 0 spiro atoms. The normalized spacial score (nSPS) is 20.3. The van der Waals surface area contributed by atoms with Crippen LogP contribution in [-0.2, 0) is 25.6 Å². The summed E-state index contributed by atoms with van der Waals surface area (Å²) in [5.41, 5.74) is 7.60. The van der Waals surface area contributed by atoms with Gasteiger partial charge in [-0.25, -0.2) is 13.8 Å². The molecule has 376 valence electrons. The summed E-state index contributed by atoms with van der Waals surface area (Å²) >= 11 is 0. The van der Waals surface area contributed by atoms with Crippen LogP contribution in [0.25, 0.3) is 22.2 Å². The molecule has 16 nitrogen and oxygen atoms in total. The molecule has 4 aromatic carbocycles. The van der Waals surface area contributed by atoms with Crippen molar-refractivity contribution in [2.24, 2.45) is 5.92 Å². The number of anilines is 3. The lowest BCUT2D eigenvalue weighted by Gasteiger charge is -2.38. The van der Waals surface area contributed by atoms with Gasteiger partial charge in [-0.2, -0.15) is 0 Å². The number of hydrogen-bond donors (Lipinski definition) is 2. The summed E-state index contributed by atoms with van der Waals surface area (Å²) in [6.07, 6.45) is 5.68. The highest BCUT2D eigenvalue weighted by Crippen LogP contribution is 2.42. The molecular weight excluding hydrogens is 937 g/mol. The van der Waals surface area contributed by atoms with Crippen molar-refractivity contribution in [3.63, 3.8) is 0 Å². The lowest BCUT2D eigenvalue weighted by atomic mass is 9.89. The molecule has 4 saturated heterocycles. The molecule has 4 fully saturated rings. The van der Waals surface area contributed by atoms with E-state index in [4.69, 9.17) is 9.51 Å². The van der Waals surface area contributed by atoms with Gasteiger partial charge in [0.2, 0.25) is 23.6 Å². The molecule has 73 heavy (non-hydrogen) atoms. The van der Waals surface area contributed by atoms with Crippen LogP contribution in [0.15, 0.2) is 83.4 Å². The van der Waals surface area contributed by atoms with Crippen LogP contribution in [0.1, 0.15) is 113 Å². The highest BCUT2D eigenvalue weighted by molar-refractivity contribution is 6.25. The van der Waals surface area contributed by atoms with Crippen molar-refractivity contribution < 1.29 is 42.1 Å². The Morgan fingerprint density at radius 3 is 2.29 bits per heavy atom. The first kappa shape index (κ1) is 47.7. The average molecular weight is 992 g/mol. The van der Waals surface area contributed by atoms with Gasteiger partial charge in [0.05, 0.1) is 46.1 Å². The van der Waals surface area contributed by atoms with Crippen LogP contribution in [0.2, 0.25) is 0 Å². The van der Waals surface area contributed by atoms with Crippen LogP contribution >= 0.6 is 0 Å². The number of aromatic nitrogens is 3. The fraction of sp³-hybridized carbons (Fsp3) is 0.382. The number of aryl methyl sites for hydroxylation is 2. The topological polar surface area (TPSA) is 183 Å². The number of nitrogens with one attached hydrogen (secondary N) is 2. The minimum absolute atomic E-state index is 0.0143.